The van der Waals surface area contributed by atoms with Crippen LogP contribution in [0.2, 0.25) is 0 Å². The summed E-state index contributed by atoms with van der Waals surface area (Å²) in [7, 11) is 0. The lowest BCUT2D eigenvalue weighted by Crippen LogP contribution is -2.63. The lowest BCUT2D eigenvalue weighted by Gasteiger charge is -2.52. The van der Waals surface area contributed by atoms with E-state index >= 15 is 0 Å². The average molecular weight is 539 g/mol. The van der Waals surface area contributed by atoms with Crippen LogP contribution in [0.15, 0.2) is 59.8 Å². The number of aliphatic hydroxyl groups is 2. The van der Waals surface area contributed by atoms with Crippen LogP contribution in [0.3, 0.4) is 0 Å². The maximum absolute atomic E-state index is 13.1. The van der Waals surface area contributed by atoms with Crippen molar-refractivity contribution < 1.29 is 34.1 Å². The van der Waals surface area contributed by atoms with Crippen molar-refractivity contribution in [2.45, 2.75) is 78.1 Å². The zero-order valence-corrected chi connectivity index (χ0v) is 23.8. The molecule has 0 aromatic heterocycles. The number of hydrogen-bond donors (Lipinski definition) is 2. The highest BCUT2D eigenvalue weighted by molar-refractivity contribution is 6.00. The van der Waals surface area contributed by atoms with E-state index < -0.39 is 64.2 Å². The molecule has 4 aliphatic carbocycles. The Bertz CT molecular complexity index is 1170. The predicted molar refractivity (Wildman–Crippen MR) is 147 cm³/mol. The standard InChI is InChI=1S/C32H42O7/c1-7-8-9-10-11-12-13-14-26(35)39-32-28(30(32,5)6)25-17-22(18-33)16-23-24(15-19(2)27(23)36)31(25,37)20(3)29(32)38-21(4)34/h9-15,17,20,23-25,28-29,33,37H,7-8,16,18H2,1-6H3/b10-9-,12-11+,14-13-/t20-,23-,24-,25+,28-,29-,31+,32-/m1/s1. The third-order valence-electron chi connectivity index (χ3n) is 9.60. The number of fused-ring (bicyclic) bond motifs is 5. The molecule has 0 amide bonds. The quantitative estimate of drug-likeness (QED) is 0.204. The lowest BCUT2D eigenvalue weighted by molar-refractivity contribution is -0.217. The molecule has 4 aliphatic rings. The smallest absolute Gasteiger partial charge is 0.331 e. The normalized spacial score (nSPS) is 38.6. The Hall–Kier alpha value is -2.77. The number of carbonyl (C=O) groups excluding carboxylic acids is 3. The van der Waals surface area contributed by atoms with Crippen LogP contribution in [0.1, 0.15) is 60.8 Å². The Morgan fingerprint density at radius 3 is 2.46 bits per heavy atom. The third-order valence-corrected chi connectivity index (χ3v) is 9.60. The monoisotopic (exact) mass is 538 g/mol. The summed E-state index contributed by atoms with van der Waals surface area (Å²) in [6.45, 7) is 10.7. The summed E-state index contributed by atoms with van der Waals surface area (Å²) >= 11 is 0. The number of unbranched alkanes of at least 4 members (excludes halogenated alkanes) is 1. The van der Waals surface area contributed by atoms with Gasteiger partial charge >= 0.3 is 11.9 Å². The van der Waals surface area contributed by atoms with Crippen LogP contribution in [0, 0.1) is 35.0 Å². The molecule has 0 heterocycles. The molecule has 0 saturated heterocycles. The highest BCUT2D eigenvalue weighted by atomic mass is 16.6. The molecule has 212 valence electrons. The van der Waals surface area contributed by atoms with Crippen molar-refractivity contribution in [2.75, 3.05) is 6.61 Å². The Balaban J connectivity index is 1.74. The SMILES string of the molecule is CCC\C=C/C=C/C=C\C(=O)O[C@@]12[C@H](OC(C)=O)[C@@H](C)[C@]3(O)[C@@H]4C=C(C)C(=O)[C@@H]4CC(CO)=C[C@H]3[C@@H]1C2(C)C. The molecule has 0 aromatic carbocycles. The first kappa shape index (κ1) is 29.2. The summed E-state index contributed by atoms with van der Waals surface area (Å²) in [6, 6.07) is 0. The largest absolute Gasteiger partial charge is 0.458 e. The second-order valence-corrected chi connectivity index (χ2v) is 12.1. The Morgan fingerprint density at radius 2 is 1.82 bits per heavy atom. The molecule has 7 nitrogen and oxygen atoms in total. The summed E-state index contributed by atoms with van der Waals surface area (Å²) in [4.78, 5) is 38.6. The number of aliphatic hydroxyl groups excluding tert-OH is 1. The molecule has 2 fully saturated rings. The van der Waals surface area contributed by atoms with E-state index in [1.165, 1.54) is 13.0 Å². The van der Waals surface area contributed by atoms with Crippen LogP contribution >= 0.6 is 0 Å². The average Bonchev–Trinajstić information content (AvgIpc) is 3.27. The molecule has 39 heavy (non-hydrogen) atoms. The first-order valence-electron chi connectivity index (χ1n) is 14.0. The predicted octanol–water partition coefficient (Wildman–Crippen LogP) is 4.41. The number of ketones is 1. The van der Waals surface area contributed by atoms with Gasteiger partial charge in [-0.2, -0.15) is 0 Å². The number of allylic oxidation sites excluding steroid dienone is 6. The van der Waals surface area contributed by atoms with Crippen molar-refractivity contribution in [3.8, 4) is 0 Å². The van der Waals surface area contributed by atoms with Gasteiger partial charge in [0.15, 0.2) is 11.4 Å². The van der Waals surface area contributed by atoms with Gasteiger partial charge in [0, 0.05) is 48.0 Å². The number of rotatable bonds is 8. The van der Waals surface area contributed by atoms with Gasteiger partial charge in [0.25, 0.3) is 0 Å². The minimum atomic E-state index is -1.45. The Kier molecular flexibility index (Phi) is 7.99. The molecular formula is C32H42O7. The van der Waals surface area contributed by atoms with Gasteiger partial charge < -0.3 is 19.7 Å². The van der Waals surface area contributed by atoms with Gasteiger partial charge in [-0.1, -0.05) is 76.6 Å². The zero-order valence-electron chi connectivity index (χ0n) is 23.8. The fraction of sp³-hybridized carbons (Fsp3) is 0.594. The van der Waals surface area contributed by atoms with E-state index in [-0.39, 0.29) is 12.4 Å². The van der Waals surface area contributed by atoms with Crippen molar-refractivity contribution in [3.63, 3.8) is 0 Å². The summed E-state index contributed by atoms with van der Waals surface area (Å²) in [5.41, 5.74) is -2.01. The first-order valence-corrected chi connectivity index (χ1v) is 14.0. The van der Waals surface area contributed by atoms with E-state index in [1.54, 1.807) is 19.1 Å². The van der Waals surface area contributed by atoms with Gasteiger partial charge in [0.2, 0.25) is 0 Å². The summed E-state index contributed by atoms with van der Waals surface area (Å²) in [5, 5.41) is 22.8. The van der Waals surface area contributed by atoms with Crippen LogP contribution in [0.25, 0.3) is 0 Å². The maximum atomic E-state index is 13.1. The molecule has 0 aliphatic heterocycles. The zero-order chi connectivity index (χ0) is 28.8. The van der Waals surface area contributed by atoms with Gasteiger partial charge in [-0.15, -0.1) is 0 Å². The van der Waals surface area contributed by atoms with Crippen LogP contribution in [-0.4, -0.2) is 51.8 Å². The molecule has 0 bridgehead atoms. The minimum absolute atomic E-state index is 0.0364. The van der Waals surface area contributed by atoms with Crippen LogP contribution in [0.5, 0.6) is 0 Å². The van der Waals surface area contributed by atoms with Crippen LogP contribution < -0.4 is 0 Å². The van der Waals surface area contributed by atoms with Crippen molar-refractivity contribution in [1.82, 2.24) is 0 Å². The molecule has 7 heteroatoms. The molecule has 2 saturated carbocycles. The van der Waals surface area contributed by atoms with Crippen molar-refractivity contribution >= 4 is 17.7 Å². The Morgan fingerprint density at radius 1 is 1.13 bits per heavy atom. The molecule has 0 spiro atoms. The van der Waals surface area contributed by atoms with Crippen LogP contribution in [0.4, 0.5) is 0 Å². The fourth-order valence-corrected chi connectivity index (χ4v) is 7.74. The second-order valence-electron chi connectivity index (χ2n) is 12.1. The van der Waals surface area contributed by atoms with Gasteiger partial charge in [-0.05, 0) is 30.9 Å². The number of hydrogen-bond acceptors (Lipinski definition) is 7. The van der Waals surface area contributed by atoms with Gasteiger partial charge in [-0.3, -0.25) is 9.59 Å². The molecule has 0 aromatic rings. The number of ether oxygens (including phenoxy) is 2. The molecular weight excluding hydrogens is 496 g/mol. The lowest BCUT2D eigenvalue weighted by atomic mass is 9.60. The van der Waals surface area contributed by atoms with Crippen molar-refractivity contribution in [2.24, 2.45) is 35.0 Å². The summed E-state index contributed by atoms with van der Waals surface area (Å²) in [5.74, 6) is -3.74. The van der Waals surface area contributed by atoms with Gasteiger partial charge in [-0.25, -0.2) is 4.79 Å². The molecule has 0 radical (unpaired) electrons. The first-order chi connectivity index (χ1) is 18.4. The highest BCUT2D eigenvalue weighted by Crippen LogP contribution is 2.76. The maximum Gasteiger partial charge on any atom is 0.331 e. The molecule has 8 atom stereocenters. The Labute approximate surface area is 231 Å². The van der Waals surface area contributed by atoms with E-state index in [0.29, 0.717) is 17.6 Å². The minimum Gasteiger partial charge on any atom is -0.458 e. The van der Waals surface area contributed by atoms with Gasteiger partial charge in [0.1, 0.15) is 6.10 Å². The number of carbonyl (C=O) groups is 3. The third kappa shape index (κ3) is 4.57. The molecule has 0 unspecified atom stereocenters. The van der Waals surface area contributed by atoms with Gasteiger partial charge in [0.05, 0.1) is 12.2 Å². The summed E-state index contributed by atoms with van der Waals surface area (Å²) < 4.78 is 12.1. The summed E-state index contributed by atoms with van der Waals surface area (Å²) in [6.07, 6.45) is 15.7. The van der Waals surface area contributed by atoms with Crippen molar-refractivity contribution in [3.05, 3.63) is 59.8 Å². The van der Waals surface area contributed by atoms with E-state index in [9.17, 15) is 24.6 Å². The van der Waals surface area contributed by atoms with E-state index in [4.69, 9.17) is 9.47 Å². The van der Waals surface area contributed by atoms with E-state index in [2.05, 4.69) is 6.92 Å². The highest BCUT2D eigenvalue weighted by Gasteiger charge is 2.87. The number of esters is 2. The van der Waals surface area contributed by atoms with Crippen LogP contribution in [-0.2, 0) is 23.9 Å². The van der Waals surface area contributed by atoms with E-state index in [0.717, 1.165) is 12.8 Å². The molecule has 4 rings (SSSR count). The second kappa shape index (κ2) is 10.7. The number of Topliss-reactive ketones (excluding diaryl/α,β-unsaturated/α-hetero) is 1. The fourth-order valence-electron chi connectivity index (χ4n) is 7.74. The molecule has 2 N–H and O–H groups in total. The van der Waals surface area contributed by atoms with E-state index in [1.807, 2.05) is 51.2 Å². The van der Waals surface area contributed by atoms with Crippen molar-refractivity contribution in [1.29, 1.82) is 0 Å². The topological polar surface area (TPSA) is 110 Å².